The first-order chi connectivity index (χ1) is 14.4. The number of likely N-dealkylation sites (tertiary alicyclic amines) is 1. The first-order valence-corrected chi connectivity index (χ1v) is 10.1. The highest BCUT2D eigenvalue weighted by atomic mass is 35.5. The molecule has 0 aliphatic carbocycles. The second kappa shape index (κ2) is 10.8. The highest BCUT2D eigenvalue weighted by molar-refractivity contribution is 5.85. The Morgan fingerprint density at radius 2 is 2.06 bits per heavy atom. The van der Waals surface area contributed by atoms with Crippen molar-refractivity contribution < 1.29 is 4.79 Å². The van der Waals surface area contributed by atoms with Crippen LogP contribution in [0.5, 0.6) is 0 Å². The van der Waals surface area contributed by atoms with Gasteiger partial charge >= 0.3 is 0 Å². The van der Waals surface area contributed by atoms with E-state index in [4.69, 9.17) is 10.5 Å². The van der Waals surface area contributed by atoms with E-state index in [1.54, 1.807) is 17.2 Å². The van der Waals surface area contributed by atoms with Gasteiger partial charge in [-0.05, 0) is 56.5 Å². The summed E-state index contributed by atoms with van der Waals surface area (Å²) in [6.07, 6.45) is 3.42. The van der Waals surface area contributed by atoms with Crippen molar-refractivity contribution in [2.75, 3.05) is 25.0 Å². The number of hydrogen-bond acceptors (Lipinski definition) is 6. The minimum atomic E-state index is -0.334. The van der Waals surface area contributed by atoms with E-state index in [-0.39, 0.29) is 36.4 Å². The van der Waals surface area contributed by atoms with Crippen LogP contribution in [0.3, 0.4) is 0 Å². The van der Waals surface area contributed by atoms with Crippen molar-refractivity contribution in [3.8, 4) is 23.3 Å². The lowest BCUT2D eigenvalue weighted by atomic mass is 10.0. The normalized spacial score (nSPS) is 15.5. The van der Waals surface area contributed by atoms with Gasteiger partial charge in [0.2, 0.25) is 5.91 Å². The van der Waals surface area contributed by atoms with Gasteiger partial charge in [-0.1, -0.05) is 12.1 Å². The number of benzene rings is 1. The molecule has 7 nitrogen and oxygen atoms in total. The number of anilines is 1. The van der Waals surface area contributed by atoms with E-state index in [1.165, 1.54) is 0 Å². The zero-order valence-electron chi connectivity index (χ0n) is 17.8. The molecule has 1 aromatic heterocycles. The number of carbonyl (C=O) groups is 1. The van der Waals surface area contributed by atoms with E-state index in [9.17, 15) is 4.79 Å². The van der Waals surface area contributed by atoms with Crippen LogP contribution in [0, 0.1) is 22.7 Å². The molecule has 0 spiro atoms. The van der Waals surface area contributed by atoms with Crippen LogP contribution >= 0.6 is 12.4 Å². The van der Waals surface area contributed by atoms with Gasteiger partial charge in [-0.25, -0.2) is 4.98 Å². The number of amides is 1. The Morgan fingerprint density at radius 3 is 2.74 bits per heavy atom. The molecule has 2 N–H and O–H groups in total. The zero-order valence-corrected chi connectivity index (χ0v) is 18.6. The predicted octanol–water partition coefficient (Wildman–Crippen LogP) is 3.34. The molecule has 1 aromatic carbocycles. The largest absolute Gasteiger partial charge is 0.368 e. The maximum atomic E-state index is 12.4. The van der Waals surface area contributed by atoms with E-state index in [1.807, 2.05) is 44.2 Å². The first kappa shape index (κ1) is 24.1. The molecule has 2 heterocycles. The molecule has 8 heteroatoms. The number of rotatable bonds is 7. The third-order valence-electron chi connectivity index (χ3n) is 5.24. The van der Waals surface area contributed by atoms with Crippen LogP contribution in [0.2, 0.25) is 0 Å². The van der Waals surface area contributed by atoms with Crippen LogP contribution in [-0.2, 0) is 4.79 Å². The Morgan fingerprint density at radius 1 is 1.26 bits per heavy atom. The molecule has 0 radical (unpaired) electrons. The van der Waals surface area contributed by atoms with Gasteiger partial charge in [0.15, 0.2) is 0 Å². The van der Waals surface area contributed by atoms with Gasteiger partial charge in [-0.3, -0.25) is 4.79 Å². The Kier molecular flexibility index (Phi) is 8.38. The fraction of sp³-hybridized carbons (Fsp3) is 0.391. The average Bonchev–Trinajstić information content (AvgIpc) is 3.26. The molecule has 1 saturated heterocycles. The number of nitrogens with zero attached hydrogens (tertiary/aromatic N) is 4. The molecule has 162 valence electrons. The van der Waals surface area contributed by atoms with Gasteiger partial charge in [0.25, 0.3) is 0 Å². The SMILES string of the molecule is CC(C)(CNc1ccc(-c2cccc(C#N)c2)cn1)NCC(=O)N1CCC[C@H]1C#N.Cl. The number of halogens is 1. The summed E-state index contributed by atoms with van der Waals surface area (Å²) in [4.78, 5) is 18.5. The third kappa shape index (κ3) is 6.42. The molecule has 31 heavy (non-hydrogen) atoms. The lowest BCUT2D eigenvalue weighted by molar-refractivity contribution is -0.130. The number of nitrogens with one attached hydrogen (secondary N) is 2. The van der Waals surface area contributed by atoms with E-state index < -0.39 is 0 Å². The van der Waals surface area contributed by atoms with Gasteiger partial charge < -0.3 is 15.5 Å². The summed E-state index contributed by atoms with van der Waals surface area (Å²) >= 11 is 0. The molecular weight excluding hydrogens is 412 g/mol. The van der Waals surface area contributed by atoms with Crippen LogP contribution in [0.4, 0.5) is 5.82 Å². The molecular formula is C23H27ClN6O. The van der Waals surface area contributed by atoms with Crippen LogP contribution in [0.1, 0.15) is 32.3 Å². The van der Waals surface area contributed by atoms with Crippen LogP contribution in [0.15, 0.2) is 42.6 Å². The van der Waals surface area contributed by atoms with Gasteiger partial charge in [-0.2, -0.15) is 10.5 Å². The maximum Gasteiger partial charge on any atom is 0.237 e. The fourth-order valence-electron chi connectivity index (χ4n) is 3.43. The molecule has 1 aliphatic rings. The highest BCUT2D eigenvalue weighted by Crippen LogP contribution is 2.21. The summed E-state index contributed by atoms with van der Waals surface area (Å²) in [6.45, 7) is 5.47. The molecule has 1 amide bonds. The van der Waals surface area contributed by atoms with Crippen LogP contribution in [-0.4, -0.2) is 47.0 Å². The number of hydrogen-bond donors (Lipinski definition) is 2. The number of aromatic nitrogens is 1. The average molecular weight is 439 g/mol. The van der Waals surface area contributed by atoms with E-state index in [2.05, 4.69) is 27.8 Å². The van der Waals surface area contributed by atoms with Crippen molar-refractivity contribution in [3.05, 3.63) is 48.2 Å². The Labute approximate surface area is 189 Å². The number of nitriles is 2. The van der Waals surface area contributed by atoms with Crippen molar-refractivity contribution >= 4 is 24.1 Å². The predicted molar refractivity (Wildman–Crippen MR) is 123 cm³/mol. The third-order valence-corrected chi connectivity index (χ3v) is 5.24. The lowest BCUT2D eigenvalue weighted by Gasteiger charge is -2.28. The highest BCUT2D eigenvalue weighted by Gasteiger charge is 2.29. The quantitative estimate of drug-likeness (QED) is 0.686. The van der Waals surface area contributed by atoms with Crippen molar-refractivity contribution in [1.82, 2.24) is 15.2 Å². The van der Waals surface area contributed by atoms with Crippen molar-refractivity contribution in [2.45, 2.75) is 38.3 Å². The van der Waals surface area contributed by atoms with E-state index >= 15 is 0 Å². The van der Waals surface area contributed by atoms with Gasteiger partial charge in [-0.15, -0.1) is 12.4 Å². The van der Waals surface area contributed by atoms with Gasteiger partial charge in [0.1, 0.15) is 11.9 Å². The first-order valence-electron chi connectivity index (χ1n) is 10.1. The molecule has 2 aromatic rings. The Hall–Kier alpha value is -3.13. The molecule has 1 atom stereocenters. The van der Waals surface area contributed by atoms with Crippen molar-refractivity contribution in [2.24, 2.45) is 0 Å². The molecule has 0 saturated carbocycles. The van der Waals surface area contributed by atoms with Gasteiger partial charge in [0, 0.05) is 30.4 Å². The summed E-state index contributed by atoms with van der Waals surface area (Å²) in [5.41, 5.74) is 2.18. The number of carbonyl (C=O) groups excluding carboxylic acids is 1. The minimum absolute atomic E-state index is 0. The van der Waals surface area contributed by atoms with Crippen LogP contribution in [0.25, 0.3) is 11.1 Å². The topological polar surface area (TPSA) is 105 Å². The van der Waals surface area contributed by atoms with E-state index in [0.29, 0.717) is 18.7 Å². The molecule has 1 aliphatic heterocycles. The number of pyridine rings is 1. The zero-order chi connectivity index (χ0) is 21.6. The van der Waals surface area contributed by atoms with Crippen molar-refractivity contribution in [3.63, 3.8) is 0 Å². The Balaban J connectivity index is 0.00000341. The second-order valence-electron chi connectivity index (χ2n) is 8.09. The molecule has 3 rings (SSSR count). The summed E-state index contributed by atoms with van der Waals surface area (Å²) in [7, 11) is 0. The summed E-state index contributed by atoms with van der Waals surface area (Å²) in [5.74, 6) is 0.703. The minimum Gasteiger partial charge on any atom is -0.368 e. The summed E-state index contributed by atoms with van der Waals surface area (Å²) in [6, 6.07) is 15.3. The van der Waals surface area contributed by atoms with Gasteiger partial charge in [0.05, 0.1) is 24.2 Å². The fourth-order valence-corrected chi connectivity index (χ4v) is 3.43. The van der Waals surface area contributed by atoms with Crippen molar-refractivity contribution in [1.29, 1.82) is 10.5 Å². The summed E-state index contributed by atoms with van der Waals surface area (Å²) in [5, 5.41) is 24.8. The standard InChI is InChI=1S/C23H26N6O.ClH/c1-23(2,28-15-22(30)29-10-4-7-20(29)13-25)16-27-21-9-8-19(14-26-21)18-6-3-5-17(11-18)12-24;/h3,5-6,8-9,11,14,20,28H,4,7,10,15-16H2,1-2H3,(H,26,27);1H/t20-;/m0./s1. The molecule has 1 fully saturated rings. The molecule has 0 unspecified atom stereocenters. The maximum absolute atomic E-state index is 12.4. The smallest absolute Gasteiger partial charge is 0.237 e. The Bertz CT molecular complexity index is 977. The van der Waals surface area contributed by atoms with Crippen LogP contribution < -0.4 is 10.6 Å². The monoisotopic (exact) mass is 438 g/mol. The summed E-state index contributed by atoms with van der Waals surface area (Å²) < 4.78 is 0. The van der Waals surface area contributed by atoms with E-state index in [0.717, 1.165) is 29.8 Å². The molecule has 0 bridgehead atoms. The second-order valence-corrected chi connectivity index (χ2v) is 8.09. The lowest BCUT2D eigenvalue weighted by Crippen LogP contribution is -2.50.